The highest BCUT2D eigenvalue weighted by Crippen LogP contribution is 2.31. The van der Waals surface area contributed by atoms with Crippen LogP contribution in [0.15, 0.2) is 77.7 Å². The normalized spacial score (nSPS) is 12.0. The fourth-order valence-electron chi connectivity index (χ4n) is 3.76. The molecule has 3 rings (SSSR count). The standard InChI is InChI=1S/C26H26Cl2FN3O4S/c1-3-24(26(34)30-2)31(16-18-9-11-19(29)12-10-18)25(33)17-32(20-13-14-22(27)23(28)15-20)37(35,36)21-7-5-4-6-8-21/h4-15,24H,3,16-17H2,1-2H3,(H,30,34)/t24-/m0/s1. The zero-order valence-electron chi connectivity index (χ0n) is 20.2. The fraction of sp³-hybridized carbons (Fsp3) is 0.231. The maximum atomic E-state index is 13.8. The third kappa shape index (κ3) is 6.80. The number of rotatable bonds is 10. The molecule has 0 radical (unpaired) electrons. The Labute approximate surface area is 225 Å². The average molecular weight is 566 g/mol. The van der Waals surface area contributed by atoms with Crippen LogP contribution in [-0.4, -0.2) is 44.8 Å². The molecule has 3 aromatic carbocycles. The maximum absolute atomic E-state index is 13.8. The largest absolute Gasteiger partial charge is 0.357 e. The summed E-state index contributed by atoms with van der Waals surface area (Å²) >= 11 is 12.2. The summed E-state index contributed by atoms with van der Waals surface area (Å²) in [6.07, 6.45) is 0.269. The molecular formula is C26H26Cl2FN3O4S. The second-order valence-electron chi connectivity index (χ2n) is 8.11. The molecule has 0 fully saturated rings. The van der Waals surface area contributed by atoms with Crippen LogP contribution < -0.4 is 9.62 Å². The molecule has 0 heterocycles. The molecule has 0 saturated carbocycles. The van der Waals surface area contributed by atoms with Crippen molar-refractivity contribution < 1.29 is 22.4 Å². The van der Waals surface area contributed by atoms with Gasteiger partial charge in [-0.1, -0.05) is 60.5 Å². The summed E-state index contributed by atoms with van der Waals surface area (Å²) in [5.74, 6) is -1.49. The van der Waals surface area contributed by atoms with E-state index in [-0.39, 0.29) is 33.6 Å². The number of benzene rings is 3. The number of likely N-dealkylation sites (N-methyl/N-ethyl adjacent to an activating group) is 1. The number of hydrogen-bond donors (Lipinski definition) is 1. The Morgan fingerprint density at radius 2 is 1.62 bits per heavy atom. The molecule has 196 valence electrons. The van der Waals surface area contributed by atoms with Crippen LogP contribution in [0.4, 0.5) is 10.1 Å². The summed E-state index contributed by atoms with van der Waals surface area (Å²) < 4.78 is 41.7. The summed E-state index contributed by atoms with van der Waals surface area (Å²) in [5.41, 5.74) is 0.699. The van der Waals surface area contributed by atoms with E-state index in [0.29, 0.717) is 5.56 Å². The Morgan fingerprint density at radius 1 is 0.973 bits per heavy atom. The second kappa shape index (κ2) is 12.4. The molecule has 0 bridgehead atoms. The lowest BCUT2D eigenvalue weighted by molar-refractivity contribution is -0.140. The van der Waals surface area contributed by atoms with Crippen LogP contribution in [0, 0.1) is 5.82 Å². The van der Waals surface area contributed by atoms with Crippen LogP contribution in [0.5, 0.6) is 0 Å². The molecule has 0 aliphatic heterocycles. The first-order valence-electron chi connectivity index (χ1n) is 11.4. The third-order valence-electron chi connectivity index (χ3n) is 5.70. The number of sulfonamides is 1. The third-order valence-corrected chi connectivity index (χ3v) is 8.23. The number of anilines is 1. The van der Waals surface area contributed by atoms with Gasteiger partial charge in [0.15, 0.2) is 0 Å². The van der Waals surface area contributed by atoms with Crippen molar-refractivity contribution in [1.82, 2.24) is 10.2 Å². The van der Waals surface area contributed by atoms with E-state index in [1.165, 1.54) is 66.5 Å². The molecule has 0 aliphatic rings. The monoisotopic (exact) mass is 565 g/mol. The quantitative estimate of drug-likeness (QED) is 0.379. The summed E-state index contributed by atoms with van der Waals surface area (Å²) in [4.78, 5) is 27.7. The van der Waals surface area contributed by atoms with Crippen molar-refractivity contribution in [3.05, 3.63) is 94.2 Å². The zero-order chi connectivity index (χ0) is 27.2. The lowest BCUT2D eigenvalue weighted by Crippen LogP contribution is -2.51. The summed E-state index contributed by atoms with van der Waals surface area (Å²) in [6, 6.07) is 16.5. The molecule has 0 spiro atoms. The maximum Gasteiger partial charge on any atom is 0.264 e. The zero-order valence-corrected chi connectivity index (χ0v) is 22.5. The van der Waals surface area contributed by atoms with E-state index in [4.69, 9.17) is 23.2 Å². The molecule has 0 saturated heterocycles. The van der Waals surface area contributed by atoms with Gasteiger partial charge in [-0.3, -0.25) is 13.9 Å². The number of carbonyl (C=O) groups excluding carboxylic acids is 2. The van der Waals surface area contributed by atoms with Crippen LogP contribution in [0.25, 0.3) is 0 Å². The lowest BCUT2D eigenvalue weighted by Gasteiger charge is -2.33. The predicted molar refractivity (Wildman–Crippen MR) is 143 cm³/mol. The van der Waals surface area contributed by atoms with E-state index < -0.39 is 40.2 Å². The van der Waals surface area contributed by atoms with Gasteiger partial charge in [-0.25, -0.2) is 12.8 Å². The van der Waals surface area contributed by atoms with Gasteiger partial charge in [-0.15, -0.1) is 0 Å². The number of halogens is 3. The van der Waals surface area contributed by atoms with Crippen molar-refractivity contribution in [3.8, 4) is 0 Å². The molecule has 0 aliphatic carbocycles. The van der Waals surface area contributed by atoms with Crippen molar-refractivity contribution in [1.29, 1.82) is 0 Å². The van der Waals surface area contributed by atoms with Gasteiger partial charge >= 0.3 is 0 Å². The SMILES string of the molecule is CC[C@@H](C(=O)NC)N(Cc1ccc(F)cc1)C(=O)CN(c1ccc(Cl)c(Cl)c1)S(=O)(=O)c1ccccc1. The first kappa shape index (κ1) is 28.4. The minimum atomic E-state index is -4.22. The van der Waals surface area contributed by atoms with Gasteiger partial charge in [0.05, 0.1) is 20.6 Å². The minimum Gasteiger partial charge on any atom is -0.357 e. The molecule has 0 aromatic heterocycles. The van der Waals surface area contributed by atoms with Crippen molar-refractivity contribution in [2.45, 2.75) is 30.8 Å². The van der Waals surface area contributed by atoms with Gasteiger partial charge in [-0.05, 0) is 54.4 Å². The van der Waals surface area contributed by atoms with E-state index in [9.17, 15) is 22.4 Å². The number of nitrogens with zero attached hydrogens (tertiary/aromatic N) is 2. The number of nitrogens with one attached hydrogen (secondary N) is 1. The van der Waals surface area contributed by atoms with Crippen LogP contribution in [0.3, 0.4) is 0 Å². The first-order valence-corrected chi connectivity index (χ1v) is 13.6. The molecular weight excluding hydrogens is 540 g/mol. The average Bonchev–Trinajstić information content (AvgIpc) is 2.90. The van der Waals surface area contributed by atoms with Crippen molar-refractivity contribution >= 4 is 50.7 Å². The van der Waals surface area contributed by atoms with Gasteiger partial charge in [-0.2, -0.15) is 0 Å². The fourth-order valence-corrected chi connectivity index (χ4v) is 5.48. The summed E-state index contributed by atoms with van der Waals surface area (Å²) in [5, 5.41) is 2.88. The number of hydrogen-bond acceptors (Lipinski definition) is 4. The van der Waals surface area contributed by atoms with E-state index >= 15 is 0 Å². The van der Waals surface area contributed by atoms with E-state index in [2.05, 4.69) is 5.32 Å². The lowest BCUT2D eigenvalue weighted by atomic mass is 10.1. The van der Waals surface area contributed by atoms with Gasteiger partial charge in [0.2, 0.25) is 11.8 Å². The molecule has 0 unspecified atom stereocenters. The highest BCUT2D eigenvalue weighted by atomic mass is 35.5. The van der Waals surface area contributed by atoms with Crippen LogP contribution >= 0.6 is 23.2 Å². The Morgan fingerprint density at radius 3 is 2.19 bits per heavy atom. The topological polar surface area (TPSA) is 86.8 Å². The minimum absolute atomic E-state index is 0.0303. The van der Waals surface area contributed by atoms with E-state index in [1.54, 1.807) is 25.1 Å². The molecule has 7 nitrogen and oxygen atoms in total. The van der Waals surface area contributed by atoms with Crippen molar-refractivity contribution in [3.63, 3.8) is 0 Å². The van der Waals surface area contributed by atoms with Crippen LogP contribution in [0.1, 0.15) is 18.9 Å². The Bertz CT molecular complexity index is 1360. The number of carbonyl (C=O) groups is 2. The van der Waals surface area contributed by atoms with Gasteiger partial charge in [0, 0.05) is 13.6 Å². The molecule has 11 heteroatoms. The first-order chi connectivity index (χ1) is 17.6. The van der Waals surface area contributed by atoms with Gasteiger partial charge in [0.1, 0.15) is 18.4 Å². The highest BCUT2D eigenvalue weighted by molar-refractivity contribution is 7.92. The van der Waals surface area contributed by atoms with Crippen LogP contribution in [-0.2, 0) is 26.2 Å². The smallest absolute Gasteiger partial charge is 0.264 e. The van der Waals surface area contributed by atoms with Crippen molar-refractivity contribution in [2.75, 3.05) is 17.9 Å². The Hall–Kier alpha value is -3.14. The summed E-state index contributed by atoms with van der Waals surface area (Å²) in [7, 11) is -2.76. The highest BCUT2D eigenvalue weighted by Gasteiger charge is 2.33. The van der Waals surface area contributed by atoms with Gasteiger partial charge in [0.25, 0.3) is 10.0 Å². The number of amides is 2. The Balaban J connectivity index is 2.06. The van der Waals surface area contributed by atoms with Crippen LogP contribution in [0.2, 0.25) is 10.0 Å². The molecule has 1 N–H and O–H groups in total. The Kier molecular flexibility index (Phi) is 9.53. The summed E-state index contributed by atoms with van der Waals surface area (Å²) in [6.45, 7) is 1.08. The van der Waals surface area contributed by atoms with Gasteiger partial charge < -0.3 is 10.2 Å². The van der Waals surface area contributed by atoms with Crippen molar-refractivity contribution in [2.24, 2.45) is 0 Å². The van der Waals surface area contributed by atoms with E-state index in [0.717, 1.165) is 4.31 Å². The molecule has 2 amide bonds. The second-order valence-corrected chi connectivity index (χ2v) is 10.8. The predicted octanol–water partition coefficient (Wildman–Crippen LogP) is 4.88. The molecule has 37 heavy (non-hydrogen) atoms. The van der Waals surface area contributed by atoms with E-state index in [1.807, 2.05) is 0 Å². The molecule has 3 aromatic rings. The molecule has 1 atom stereocenters.